The molecule has 1 saturated carbocycles. The number of rotatable bonds is 4. The Kier molecular flexibility index (Phi) is 5.87. The molecule has 1 aliphatic carbocycles. The van der Waals surface area contributed by atoms with E-state index in [9.17, 15) is 0 Å². The van der Waals surface area contributed by atoms with Crippen molar-refractivity contribution in [2.45, 2.75) is 65.7 Å². The molecule has 0 aliphatic heterocycles. The van der Waals surface area contributed by atoms with Crippen molar-refractivity contribution >= 4 is 22.1 Å². The van der Waals surface area contributed by atoms with Crippen molar-refractivity contribution in [3.05, 3.63) is 83.0 Å². The number of fused-ring (bicyclic) bond motifs is 3. The molecule has 1 atom stereocenters. The van der Waals surface area contributed by atoms with E-state index in [2.05, 4.69) is 82.3 Å². The summed E-state index contributed by atoms with van der Waals surface area (Å²) >= 11 is 0. The fourth-order valence-corrected chi connectivity index (χ4v) is 6.39. The average molecular weight is 475 g/mol. The minimum absolute atomic E-state index is 0.548. The van der Waals surface area contributed by atoms with E-state index < -0.39 is 0 Å². The van der Waals surface area contributed by atoms with Gasteiger partial charge in [0, 0.05) is 28.1 Å². The first kappa shape index (κ1) is 23.0. The fourth-order valence-electron chi connectivity index (χ4n) is 6.39. The van der Waals surface area contributed by atoms with Gasteiger partial charge < -0.3 is 4.42 Å². The highest BCUT2D eigenvalue weighted by molar-refractivity contribution is 6.08. The first-order chi connectivity index (χ1) is 17.5. The summed E-state index contributed by atoms with van der Waals surface area (Å²) in [4.78, 5) is 9.76. The maximum absolute atomic E-state index is 6.47. The van der Waals surface area contributed by atoms with Gasteiger partial charge in [-0.25, -0.2) is 4.98 Å². The number of aromatic nitrogens is 2. The Labute approximate surface area is 213 Å². The lowest BCUT2D eigenvalue weighted by Gasteiger charge is -2.28. The van der Waals surface area contributed by atoms with Crippen molar-refractivity contribution < 1.29 is 4.42 Å². The topological polar surface area (TPSA) is 38.9 Å². The van der Waals surface area contributed by atoms with E-state index in [1.165, 1.54) is 59.9 Å². The lowest BCUT2D eigenvalue weighted by molar-refractivity contribution is 0.316. The third-order valence-corrected chi connectivity index (χ3v) is 8.24. The molecule has 3 nitrogen and oxygen atoms in total. The molecule has 1 aliphatic rings. The highest BCUT2D eigenvalue weighted by Gasteiger charge is 2.22. The molecule has 1 unspecified atom stereocenters. The van der Waals surface area contributed by atoms with Gasteiger partial charge in [-0.3, -0.25) is 4.98 Å². The molecule has 182 valence electrons. The molecule has 0 radical (unpaired) electrons. The van der Waals surface area contributed by atoms with Gasteiger partial charge in [-0.15, -0.1) is 0 Å². The van der Waals surface area contributed by atoms with Gasteiger partial charge in [-0.2, -0.15) is 0 Å². The third-order valence-electron chi connectivity index (χ3n) is 8.24. The smallest absolute Gasteiger partial charge is 0.227 e. The van der Waals surface area contributed by atoms with Crippen LogP contribution >= 0.6 is 0 Å². The first-order valence-corrected chi connectivity index (χ1v) is 13.4. The normalized spacial score (nSPS) is 15.6. The van der Waals surface area contributed by atoms with E-state index in [0.29, 0.717) is 11.6 Å². The van der Waals surface area contributed by atoms with Crippen LogP contribution in [0.1, 0.15) is 67.2 Å². The minimum Gasteiger partial charge on any atom is -0.437 e. The van der Waals surface area contributed by atoms with Crippen molar-refractivity contribution in [3.63, 3.8) is 0 Å². The number of hydrogen-bond acceptors (Lipinski definition) is 3. The molecule has 3 aromatic heterocycles. The van der Waals surface area contributed by atoms with E-state index in [1.54, 1.807) is 0 Å². The van der Waals surface area contributed by atoms with Crippen LogP contribution in [0.4, 0.5) is 0 Å². The minimum atomic E-state index is 0.548. The molecule has 0 amide bonds. The van der Waals surface area contributed by atoms with Gasteiger partial charge in [-0.1, -0.05) is 56.0 Å². The summed E-state index contributed by atoms with van der Waals surface area (Å²) in [6.07, 6.45) is 8.75. The molecule has 1 fully saturated rings. The molecule has 0 spiro atoms. The molecular weight excluding hydrogens is 440 g/mol. The monoisotopic (exact) mass is 474 g/mol. The van der Waals surface area contributed by atoms with Gasteiger partial charge in [0.15, 0.2) is 0 Å². The van der Waals surface area contributed by atoms with Gasteiger partial charge in [0.05, 0.1) is 11.4 Å². The van der Waals surface area contributed by atoms with E-state index in [-0.39, 0.29) is 0 Å². The number of furan rings is 1. The number of benzene rings is 2. The Balaban J connectivity index is 1.43. The standard InChI is InChI=1S/C33H34N2O/c1-20-17-21(2)31(22(3)18-20)29-14-13-27-26-11-8-12-28(32(26)36-33(27)35-29)30-19-25(15-16-34-30)23(4)24-9-6-5-7-10-24/h8,11-19,23-24H,5-7,9-10H2,1-4H3. The number of hydrogen-bond donors (Lipinski definition) is 0. The van der Waals surface area contributed by atoms with Gasteiger partial charge in [0.1, 0.15) is 5.58 Å². The van der Waals surface area contributed by atoms with Crippen molar-refractivity contribution in [1.29, 1.82) is 0 Å². The van der Waals surface area contributed by atoms with E-state index in [1.807, 2.05) is 6.20 Å². The first-order valence-electron chi connectivity index (χ1n) is 13.4. The Morgan fingerprint density at radius 2 is 1.61 bits per heavy atom. The molecule has 0 bridgehead atoms. The van der Waals surface area contributed by atoms with E-state index in [4.69, 9.17) is 14.4 Å². The van der Waals surface area contributed by atoms with Crippen LogP contribution in [-0.4, -0.2) is 9.97 Å². The van der Waals surface area contributed by atoms with Gasteiger partial charge >= 0.3 is 0 Å². The van der Waals surface area contributed by atoms with E-state index in [0.717, 1.165) is 39.2 Å². The third kappa shape index (κ3) is 4.01. The lowest BCUT2D eigenvalue weighted by Crippen LogP contribution is -2.14. The van der Waals surface area contributed by atoms with Crippen LogP contribution in [-0.2, 0) is 0 Å². The summed E-state index contributed by atoms with van der Waals surface area (Å²) in [6, 6.07) is 19.5. The quantitative estimate of drug-likeness (QED) is 0.260. The zero-order chi connectivity index (χ0) is 24.8. The van der Waals surface area contributed by atoms with Crippen LogP contribution in [0.3, 0.4) is 0 Å². The highest BCUT2D eigenvalue weighted by atomic mass is 16.3. The predicted octanol–water partition coefficient (Wildman–Crippen LogP) is 9.32. The second-order valence-corrected chi connectivity index (χ2v) is 10.8. The molecule has 6 rings (SSSR count). The van der Waals surface area contributed by atoms with Crippen LogP contribution in [0.5, 0.6) is 0 Å². The fraction of sp³-hybridized carbons (Fsp3) is 0.333. The largest absolute Gasteiger partial charge is 0.437 e. The predicted molar refractivity (Wildman–Crippen MR) is 149 cm³/mol. The summed E-state index contributed by atoms with van der Waals surface area (Å²) in [5.41, 5.74) is 10.8. The average Bonchev–Trinajstić information content (AvgIpc) is 3.26. The SMILES string of the molecule is Cc1cc(C)c(-c2ccc3c(n2)oc2c(-c4cc(C(C)C5CCCCC5)ccn4)cccc23)c(C)c1. The Morgan fingerprint density at radius 1 is 0.833 bits per heavy atom. The second-order valence-electron chi connectivity index (χ2n) is 10.8. The van der Waals surface area contributed by atoms with Gasteiger partial charge in [0.25, 0.3) is 0 Å². The highest BCUT2D eigenvalue weighted by Crippen LogP contribution is 2.39. The number of pyridine rings is 2. The van der Waals surface area contributed by atoms with Crippen molar-refractivity contribution in [1.82, 2.24) is 9.97 Å². The summed E-state index contributed by atoms with van der Waals surface area (Å²) in [5, 5.41) is 2.14. The van der Waals surface area contributed by atoms with Crippen molar-refractivity contribution in [3.8, 4) is 22.5 Å². The van der Waals surface area contributed by atoms with Gasteiger partial charge in [0.2, 0.25) is 5.71 Å². The summed E-state index contributed by atoms with van der Waals surface area (Å²) in [7, 11) is 0. The summed E-state index contributed by atoms with van der Waals surface area (Å²) in [5.74, 6) is 1.32. The number of para-hydroxylation sites is 1. The van der Waals surface area contributed by atoms with Crippen molar-refractivity contribution in [2.24, 2.45) is 5.92 Å². The van der Waals surface area contributed by atoms with Crippen LogP contribution in [0.2, 0.25) is 0 Å². The molecular formula is C33H34N2O. The van der Waals surface area contributed by atoms with Crippen LogP contribution in [0, 0.1) is 26.7 Å². The summed E-state index contributed by atoms with van der Waals surface area (Å²) in [6.45, 7) is 8.84. The van der Waals surface area contributed by atoms with E-state index >= 15 is 0 Å². The summed E-state index contributed by atoms with van der Waals surface area (Å²) < 4.78 is 6.47. The Hall–Kier alpha value is -3.46. The maximum atomic E-state index is 6.47. The molecule has 0 saturated heterocycles. The zero-order valence-corrected chi connectivity index (χ0v) is 21.8. The number of aryl methyl sites for hydroxylation is 3. The lowest BCUT2D eigenvalue weighted by atomic mass is 9.78. The molecule has 3 heteroatoms. The molecule has 3 heterocycles. The van der Waals surface area contributed by atoms with Crippen molar-refractivity contribution in [2.75, 3.05) is 0 Å². The van der Waals surface area contributed by atoms with Gasteiger partial charge in [-0.05, 0) is 92.5 Å². The maximum Gasteiger partial charge on any atom is 0.227 e. The van der Waals surface area contributed by atoms with Crippen LogP contribution < -0.4 is 0 Å². The Bertz CT molecular complexity index is 1550. The number of nitrogens with zero attached hydrogens (tertiary/aromatic N) is 2. The molecule has 2 aromatic carbocycles. The Morgan fingerprint density at radius 3 is 2.39 bits per heavy atom. The zero-order valence-electron chi connectivity index (χ0n) is 21.8. The van der Waals surface area contributed by atoms with Crippen LogP contribution in [0.15, 0.2) is 65.2 Å². The van der Waals surface area contributed by atoms with Crippen LogP contribution in [0.25, 0.3) is 44.6 Å². The molecule has 36 heavy (non-hydrogen) atoms. The molecule has 0 N–H and O–H groups in total. The second kappa shape index (κ2) is 9.20. The molecule has 5 aromatic rings.